The van der Waals surface area contributed by atoms with Crippen LogP contribution in [0, 0.1) is 5.82 Å². The van der Waals surface area contributed by atoms with Crippen molar-refractivity contribution in [1.29, 1.82) is 0 Å². The lowest BCUT2D eigenvalue weighted by atomic mass is 10.3. The van der Waals surface area contributed by atoms with Crippen molar-refractivity contribution < 1.29 is 22.3 Å². The van der Waals surface area contributed by atoms with Crippen molar-refractivity contribution >= 4 is 37.3 Å². The molecular weight excluding hydrogens is 415 g/mol. The highest BCUT2D eigenvalue weighted by Crippen LogP contribution is 2.19. The first-order valence-corrected chi connectivity index (χ1v) is 11.5. The summed E-state index contributed by atoms with van der Waals surface area (Å²) in [5.41, 5.74) is 0.813. The Morgan fingerprint density at radius 2 is 1.93 bits per heavy atom. The summed E-state index contributed by atoms with van der Waals surface area (Å²) in [4.78, 5) is 17.1. The molecule has 29 heavy (non-hydrogen) atoms. The highest BCUT2D eigenvalue weighted by atomic mass is 32.2. The Hall–Kier alpha value is -2.52. The van der Waals surface area contributed by atoms with Crippen LogP contribution >= 0.6 is 11.3 Å². The second kappa shape index (κ2) is 8.87. The first kappa shape index (κ1) is 21.2. The molecule has 1 heterocycles. The molecule has 9 heteroatoms. The number of amides is 1. The molecule has 0 saturated carbocycles. The van der Waals surface area contributed by atoms with Crippen LogP contribution in [-0.2, 0) is 21.2 Å². The van der Waals surface area contributed by atoms with E-state index < -0.39 is 15.7 Å². The number of benzene rings is 2. The summed E-state index contributed by atoms with van der Waals surface area (Å²) in [7, 11) is -1.98. The van der Waals surface area contributed by atoms with Gasteiger partial charge in [-0.1, -0.05) is 11.3 Å². The molecule has 3 aromatic rings. The van der Waals surface area contributed by atoms with Crippen molar-refractivity contribution in [2.24, 2.45) is 4.99 Å². The lowest BCUT2D eigenvalue weighted by Gasteiger charge is -2.05. The number of ether oxygens (including phenoxy) is 1. The number of rotatable bonds is 7. The fourth-order valence-electron chi connectivity index (χ4n) is 2.91. The molecule has 6 nitrogen and oxygen atoms in total. The molecule has 154 valence electrons. The Kier molecular flexibility index (Phi) is 6.49. The summed E-state index contributed by atoms with van der Waals surface area (Å²) >= 11 is 1.24. The van der Waals surface area contributed by atoms with E-state index in [0.717, 1.165) is 5.52 Å². The van der Waals surface area contributed by atoms with Crippen molar-refractivity contribution in [3.05, 3.63) is 53.1 Å². The zero-order valence-corrected chi connectivity index (χ0v) is 17.7. The van der Waals surface area contributed by atoms with E-state index in [2.05, 4.69) is 4.99 Å². The van der Waals surface area contributed by atoms with E-state index in [1.165, 1.54) is 42.7 Å². The number of aromatic nitrogens is 1. The number of sulfone groups is 1. The predicted octanol–water partition coefficient (Wildman–Crippen LogP) is 3.55. The Labute approximate surface area is 172 Å². The second-order valence-corrected chi connectivity index (χ2v) is 9.46. The standard InChI is InChI=1S/C20H21FN2O4S2/c1-3-23-17-11-6-14(21)13-18(17)28-20(23)22-19(24)5-4-12-29(25,26)16-9-7-15(27-2)8-10-16/h6-11,13H,3-5,12H2,1-2H3. The van der Waals surface area contributed by atoms with Crippen molar-refractivity contribution in [3.8, 4) is 5.75 Å². The molecule has 3 rings (SSSR count). The Bertz CT molecular complexity index is 1200. The third-order valence-corrected chi connectivity index (χ3v) is 7.26. The lowest BCUT2D eigenvalue weighted by molar-refractivity contribution is -0.118. The third kappa shape index (κ3) is 4.91. The number of methoxy groups -OCH3 is 1. The summed E-state index contributed by atoms with van der Waals surface area (Å²) in [5, 5.41) is 0. The maximum absolute atomic E-state index is 13.4. The van der Waals surface area contributed by atoms with Crippen LogP contribution in [0.4, 0.5) is 4.39 Å². The minimum absolute atomic E-state index is 0.0156. The molecule has 0 radical (unpaired) electrons. The normalized spacial score (nSPS) is 12.4. The molecule has 0 unspecified atom stereocenters. The molecule has 0 N–H and O–H groups in total. The number of fused-ring (bicyclic) bond motifs is 1. The number of thiazole rings is 1. The van der Waals surface area contributed by atoms with Gasteiger partial charge in [-0.05, 0) is 55.8 Å². The average molecular weight is 437 g/mol. The summed E-state index contributed by atoms with van der Waals surface area (Å²) in [6.45, 7) is 2.50. The number of halogens is 1. The smallest absolute Gasteiger partial charge is 0.248 e. The van der Waals surface area contributed by atoms with Gasteiger partial charge in [0.15, 0.2) is 14.6 Å². The van der Waals surface area contributed by atoms with Crippen LogP contribution in [-0.4, -0.2) is 31.8 Å². The average Bonchev–Trinajstić information content (AvgIpc) is 3.03. The topological polar surface area (TPSA) is 77.7 Å². The fraction of sp³-hybridized carbons (Fsp3) is 0.300. The van der Waals surface area contributed by atoms with Gasteiger partial charge in [0.2, 0.25) is 5.91 Å². The van der Waals surface area contributed by atoms with Gasteiger partial charge in [-0.15, -0.1) is 0 Å². The monoisotopic (exact) mass is 436 g/mol. The number of carbonyl (C=O) groups excluding carboxylic acids is 1. The molecule has 0 saturated heterocycles. The predicted molar refractivity (Wildman–Crippen MR) is 110 cm³/mol. The molecule has 0 aliphatic rings. The highest BCUT2D eigenvalue weighted by molar-refractivity contribution is 7.91. The first-order valence-electron chi connectivity index (χ1n) is 9.07. The molecule has 0 bridgehead atoms. The van der Waals surface area contributed by atoms with Gasteiger partial charge >= 0.3 is 0 Å². The van der Waals surface area contributed by atoms with E-state index in [1.807, 2.05) is 11.5 Å². The summed E-state index contributed by atoms with van der Waals surface area (Å²) < 4.78 is 45.8. The van der Waals surface area contributed by atoms with Crippen molar-refractivity contribution in [2.45, 2.75) is 31.2 Å². The van der Waals surface area contributed by atoms with Crippen LogP contribution in [0.5, 0.6) is 5.75 Å². The van der Waals surface area contributed by atoms with Crippen LogP contribution in [0.15, 0.2) is 52.4 Å². The maximum Gasteiger partial charge on any atom is 0.248 e. The molecule has 2 aromatic carbocycles. The molecule has 0 spiro atoms. The molecule has 0 aliphatic heterocycles. The lowest BCUT2D eigenvalue weighted by Crippen LogP contribution is -2.16. The zero-order chi connectivity index (χ0) is 21.0. The number of aryl methyl sites for hydroxylation is 1. The van der Waals surface area contributed by atoms with Crippen molar-refractivity contribution in [3.63, 3.8) is 0 Å². The SMILES string of the molecule is CCn1c(=NC(=O)CCCS(=O)(=O)c2ccc(OC)cc2)sc2cc(F)ccc21. The first-order chi connectivity index (χ1) is 13.8. The van der Waals surface area contributed by atoms with Crippen molar-refractivity contribution in [1.82, 2.24) is 4.57 Å². The van der Waals surface area contributed by atoms with Gasteiger partial charge in [0, 0.05) is 13.0 Å². The number of hydrogen-bond donors (Lipinski definition) is 0. The maximum atomic E-state index is 13.4. The Morgan fingerprint density at radius 1 is 1.21 bits per heavy atom. The zero-order valence-electron chi connectivity index (χ0n) is 16.1. The molecule has 0 fully saturated rings. The quantitative estimate of drug-likeness (QED) is 0.567. The van der Waals surface area contributed by atoms with E-state index in [1.54, 1.807) is 18.2 Å². The van der Waals surface area contributed by atoms with Crippen LogP contribution in [0.1, 0.15) is 19.8 Å². The number of nitrogens with zero attached hydrogens (tertiary/aromatic N) is 2. The Balaban J connectivity index is 1.70. The molecule has 1 amide bonds. The van der Waals surface area contributed by atoms with Crippen LogP contribution < -0.4 is 9.54 Å². The van der Waals surface area contributed by atoms with Crippen LogP contribution in [0.2, 0.25) is 0 Å². The highest BCUT2D eigenvalue weighted by Gasteiger charge is 2.15. The van der Waals surface area contributed by atoms with E-state index in [0.29, 0.717) is 21.8 Å². The van der Waals surface area contributed by atoms with Gasteiger partial charge in [0.1, 0.15) is 11.6 Å². The summed E-state index contributed by atoms with van der Waals surface area (Å²) in [6, 6.07) is 10.6. The number of carbonyl (C=O) groups is 1. The molecule has 0 aliphatic carbocycles. The minimum atomic E-state index is -3.49. The second-order valence-electron chi connectivity index (χ2n) is 6.34. The molecule has 0 atom stereocenters. The van der Waals surface area contributed by atoms with E-state index in [4.69, 9.17) is 4.74 Å². The van der Waals surface area contributed by atoms with E-state index in [-0.39, 0.29) is 29.3 Å². The summed E-state index contributed by atoms with van der Waals surface area (Å²) in [6.07, 6.45) is 0.185. The van der Waals surface area contributed by atoms with Gasteiger partial charge in [0.05, 0.1) is 28.0 Å². The molecular formula is C20H21FN2O4S2. The van der Waals surface area contributed by atoms with E-state index in [9.17, 15) is 17.6 Å². The molecule has 1 aromatic heterocycles. The van der Waals surface area contributed by atoms with E-state index >= 15 is 0 Å². The largest absolute Gasteiger partial charge is 0.497 e. The van der Waals surface area contributed by atoms with Gasteiger partial charge in [-0.25, -0.2) is 12.8 Å². The minimum Gasteiger partial charge on any atom is -0.497 e. The van der Waals surface area contributed by atoms with Gasteiger partial charge in [-0.3, -0.25) is 4.79 Å². The third-order valence-electron chi connectivity index (χ3n) is 4.40. The summed E-state index contributed by atoms with van der Waals surface area (Å²) in [5.74, 6) is -0.315. The number of hydrogen-bond acceptors (Lipinski definition) is 5. The van der Waals surface area contributed by atoms with Crippen LogP contribution in [0.25, 0.3) is 10.2 Å². The van der Waals surface area contributed by atoms with Gasteiger partial charge < -0.3 is 9.30 Å². The van der Waals surface area contributed by atoms with Gasteiger partial charge in [-0.2, -0.15) is 4.99 Å². The Morgan fingerprint density at radius 3 is 2.59 bits per heavy atom. The fourth-order valence-corrected chi connectivity index (χ4v) is 5.36. The van der Waals surface area contributed by atoms with Gasteiger partial charge in [0.25, 0.3) is 0 Å². The van der Waals surface area contributed by atoms with Crippen molar-refractivity contribution in [2.75, 3.05) is 12.9 Å². The van der Waals surface area contributed by atoms with Crippen LogP contribution in [0.3, 0.4) is 0 Å².